The van der Waals surface area contributed by atoms with E-state index in [4.69, 9.17) is 16.6 Å². The van der Waals surface area contributed by atoms with E-state index in [0.717, 1.165) is 16.4 Å². The number of hydrogen-bond donors (Lipinski definition) is 0. The van der Waals surface area contributed by atoms with Crippen molar-refractivity contribution in [2.75, 3.05) is 6.26 Å². The van der Waals surface area contributed by atoms with Crippen LogP contribution in [0.25, 0.3) is 0 Å². The van der Waals surface area contributed by atoms with Gasteiger partial charge in [-0.05, 0) is 31.7 Å². The van der Waals surface area contributed by atoms with Crippen LogP contribution in [0.5, 0.6) is 0 Å². The van der Waals surface area contributed by atoms with E-state index in [1.807, 2.05) is 18.4 Å². The zero-order chi connectivity index (χ0) is 11.3. The average Bonchev–Trinajstić information content (AvgIpc) is 2.68. The summed E-state index contributed by atoms with van der Waals surface area (Å²) < 4.78 is 6.24. The summed E-state index contributed by atoms with van der Waals surface area (Å²) in [5.41, 5.74) is 0. The Hall–Kier alpha value is -0.610. The molecule has 0 aliphatic carbocycles. The molecule has 4 heteroatoms. The quantitative estimate of drug-likeness (QED) is 0.740. The Bertz CT molecular complexity index is 330. The molecule has 0 saturated heterocycles. The molecule has 1 heterocycles. The second-order valence-corrected chi connectivity index (χ2v) is 5.05. The molecule has 0 aliphatic heterocycles. The Morgan fingerprint density at radius 1 is 1.60 bits per heavy atom. The van der Waals surface area contributed by atoms with Gasteiger partial charge in [0.2, 0.25) is 0 Å². The minimum atomic E-state index is 0.0949. The summed E-state index contributed by atoms with van der Waals surface area (Å²) in [6, 6.07) is 3.74. The van der Waals surface area contributed by atoms with Crippen LogP contribution in [0.2, 0.25) is 0 Å². The van der Waals surface area contributed by atoms with Crippen molar-refractivity contribution in [3.8, 4) is 0 Å². The molecule has 1 aromatic heterocycles. The zero-order valence-corrected chi connectivity index (χ0v) is 10.5. The second-order valence-electron chi connectivity index (χ2n) is 3.40. The van der Waals surface area contributed by atoms with E-state index in [2.05, 4.69) is 0 Å². The van der Waals surface area contributed by atoms with E-state index >= 15 is 0 Å². The molecule has 0 amide bonds. The van der Waals surface area contributed by atoms with Crippen molar-refractivity contribution in [2.24, 2.45) is 0 Å². The van der Waals surface area contributed by atoms with Crippen LogP contribution in [0.1, 0.15) is 31.4 Å². The second kappa shape index (κ2) is 6.08. The molecule has 0 aromatic carbocycles. The fourth-order valence-electron chi connectivity index (χ4n) is 1.43. The minimum Gasteiger partial charge on any atom is -0.469 e. The van der Waals surface area contributed by atoms with Crippen LogP contribution in [0.3, 0.4) is 0 Å². The number of thioether (sulfide) groups is 1. The number of carbonyl (C=O) groups is 1. The van der Waals surface area contributed by atoms with Gasteiger partial charge in [-0.25, -0.2) is 0 Å². The van der Waals surface area contributed by atoms with Gasteiger partial charge in [-0.15, -0.1) is 11.8 Å². The number of hydrogen-bond acceptors (Lipinski definition) is 4. The van der Waals surface area contributed by atoms with Gasteiger partial charge in [0.05, 0.1) is 6.26 Å². The molecule has 0 saturated carbocycles. The predicted octanol–water partition coefficient (Wildman–Crippen LogP) is 3.42. The van der Waals surface area contributed by atoms with Crippen LogP contribution in [0.4, 0.5) is 0 Å². The number of Topliss-reactive ketones (excluding diaryl/α,β-unsaturated/α-hetero) is 1. The van der Waals surface area contributed by atoms with Crippen molar-refractivity contribution >= 4 is 34.0 Å². The summed E-state index contributed by atoms with van der Waals surface area (Å²) in [6.07, 6.45) is 4.80. The summed E-state index contributed by atoms with van der Waals surface area (Å²) in [5, 5.41) is 0. The van der Waals surface area contributed by atoms with Crippen molar-refractivity contribution in [3.63, 3.8) is 0 Å². The molecule has 0 aliphatic rings. The van der Waals surface area contributed by atoms with Crippen LogP contribution in [-0.4, -0.2) is 16.2 Å². The molecule has 82 valence electrons. The highest BCUT2D eigenvalue weighted by Gasteiger charge is 2.18. The van der Waals surface area contributed by atoms with Crippen LogP contribution in [0, 0.1) is 0 Å². The summed E-state index contributed by atoms with van der Waals surface area (Å²) in [5.74, 6) is 1.11. The summed E-state index contributed by atoms with van der Waals surface area (Å²) in [6.45, 7) is 1.60. The van der Waals surface area contributed by atoms with Gasteiger partial charge in [-0.1, -0.05) is 12.2 Å². The van der Waals surface area contributed by atoms with Crippen molar-refractivity contribution in [3.05, 3.63) is 24.2 Å². The monoisotopic (exact) mass is 242 g/mol. The molecule has 0 bridgehead atoms. The molecular weight excluding hydrogens is 228 g/mol. The first-order chi connectivity index (χ1) is 7.13. The first kappa shape index (κ1) is 12.5. The lowest BCUT2D eigenvalue weighted by Gasteiger charge is -2.12. The lowest BCUT2D eigenvalue weighted by Crippen LogP contribution is -2.06. The molecule has 1 atom stereocenters. The molecule has 1 rings (SSSR count). The van der Waals surface area contributed by atoms with Gasteiger partial charge in [0, 0.05) is 16.5 Å². The SMILES string of the molecule is CSC(=S)CC(CC(C)=O)c1ccco1. The highest BCUT2D eigenvalue weighted by atomic mass is 32.2. The third-order valence-electron chi connectivity index (χ3n) is 2.12. The number of carbonyl (C=O) groups excluding carboxylic acids is 1. The van der Waals surface area contributed by atoms with Gasteiger partial charge >= 0.3 is 0 Å². The Kier molecular flexibility index (Phi) is 5.05. The molecule has 0 radical (unpaired) electrons. The zero-order valence-electron chi connectivity index (χ0n) is 8.86. The molecule has 0 N–H and O–H groups in total. The fourth-order valence-corrected chi connectivity index (χ4v) is 2.00. The van der Waals surface area contributed by atoms with E-state index < -0.39 is 0 Å². The van der Waals surface area contributed by atoms with Gasteiger partial charge in [-0.3, -0.25) is 0 Å². The molecular formula is C11H14O2S2. The van der Waals surface area contributed by atoms with E-state index in [-0.39, 0.29) is 11.7 Å². The predicted molar refractivity (Wildman–Crippen MR) is 67.5 cm³/mol. The van der Waals surface area contributed by atoms with Crippen LogP contribution < -0.4 is 0 Å². The van der Waals surface area contributed by atoms with Gasteiger partial charge in [0.15, 0.2) is 0 Å². The minimum absolute atomic E-state index is 0.0949. The molecule has 2 nitrogen and oxygen atoms in total. The van der Waals surface area contributed by atoms with E-state index in [9.17, 15) is 4.79 Å². The van der Waals surface area contributed by atoms with Gasteiger partial charge in [0.25, 0.3) is 0 Å². The van der Waals surface area contributed by atoms with Crippen molar-refractivity contribution < 1.29 is 9.21 Å². The Morgan fingerprint density at radius 3 is 2.80 bits per heavy atom. The largest absolute Gasteiger partial charge is 0.469 e. The highest BCUT2D eigenvalue weighted by Crippen LogP contribution is 2.26. The fraction of sp³-hybridized carbons (Fsp3) is 0.455. The van der Waals surface area contributed by atoms with E-state index in [1.165, 1.54) is 0 Å². The molecule has 1 unspecified atom stereocenters. The van der Waals surface area contributed by atoms with Gasteiger partial charge < -0.3 is 9.21 Å². The van der Waals surface area contributed by atoms with E-state index in [0.29, 0.717) is 6.42 Å². The summed E-state index contributed by atoms with van der Waals surface area (Å²) >= 11 is 6.72. The molecule has 0 spiro atoms. The number of rotatable bonds is 5. The highest BCUT2D eigenvalue weighted by molar-refractivity contribution is 8.22. The Morgan fingerprint density at radius 2 is 2.33 bits per heavy atom. The van der Waals surface area contributed by atoms with Crippen molar-refractivity contribution in [1.82, 2.24) is 0 Å². The Labute approximate surface area is 99.4 Å². The number of furan rings is 1. The smallest absolute Gasteiger partial charge is 0.130 e. The third-order valence-corrected chi connectivity index (χ3v) is 3.41. The average molecular weight is 242 g/mol. The van der Waals surface area contributed by atoms with Crippen molar-refractivity contribution in [1.29, 1.82) is 0 Å². The van der Waals surface area contributed by atoms with Crippen molar-refractivity contribution in [2.45, 2.75) is 25.7 Å². The van der Waals surface area contributed by atoms with Crippen LogP contribution in [-0.2, 0) is 4.79 Å². The molecule has 0 fully saturated rings. The normalized spacial score (nSPS) is 12.4. The number of thiocarbonyl (C=S) groups is 1. The van der Waals surface area contributed by atoms with Crippen LogP contribution in [0.15, 0.2) is 22.8 Å². The maximum absolute atomic E-state index is 11.1. The van der Waals surface area contributed by atoms with Crippen LogP contribution >= 0.6 is 24.0 Å². The summed E-state index contributed by atoms with van der Waals surface area (Å²) in [7, 11) is 0. The topological polar surface area (TPSA) is 30.2 Å². The molecule has 15 heavy (non-hydrogen) atoms. The maximum Gasteiger partial charge on any atom is 0.130 e. The van der Waals surface area contributed by atoms with Gasteiger partial charge in [0.1, 0.15) is 11.5 Å². The number of ketones is 1. The lowest BCUT2D eigenvalue weighted by atomic mass is 9.97. The first-order valence-corrected chi connectivity index (χ1v) is 6.36. The maximum atomic E-state index is 11.1. The first-order valence-electron chi connectivity index (χ1n) is 4.73. The third kappa shape index (κ3) is 4.18. The Balaban J connectivity index is 2.70. The standard InChI is InChI=1S/C11H14O2S2/c1-8(12)6-9(7-11(14)15-2)10-4-3-5-13-10/h3-5,9H,6-7H2,1-2H3. The lowest BCUT2D eigenvalue weighted by molar-refractivity contribution is -0.117. The van der Waals surface area contributed by atoms with Gasteiger partial charge in [-0.2, -0.15) is 0 Å². The molecule has 1 aromatic rings. The summed E-state index contributed by atoms with van der Waals surface area (Å²) in [4.78, 5) is 11.1. The van der Waals surface area contributed by atoms with E-state index in [1.54, 1.807) is 24.9 Å².